The van der Waals surface area contributed by atoms with Crippen molar-refractivity contribution >= 4 is 13.6 Å². The maximum atomic E-state index is 12.3. The summed E-state index contributed by atoms with van der Waals surface area (Å²) in [5.41, 5.74) is 0. The third-order valence-corrected chi connectivity index (χ3v) is 4.31. The number of carbonyl (C=O) groups is 1. The molecule has 0 aliphatic rings. The van der Waals surface area contributed by atoms with Gasteiger partial charge in [0.25, 0.3) is 0 Å². The first-order chi connectivity index (χ1) is 8.58. The average molecular weight is 280 g/mol. The van der Waals surface area contributed by atoms with E-state index in [4.69, 9.17) is 9.05 Å². The zero-order chi connectivity index (χ0) is 13.9. The summed E-state index contributed by atoms with van der Waals surface area (Å²) in [6.45, 7) is 4.86. The van der Waals surface area contributed by atoms with Gasteiger partial charge in [-0.1, -0.05) is 26.7 Å². The Hall–Kier alpha value is -0.380. The number of rotatable bonds is 11. The van der Waals surface area contributed by atoms with Crippen molar-refractivity contribution in [2.45, 2.75) is 46.0 Å². The van der Waals surface area contributed by atoms with Gasteiger partial charge < -0.3 is 13.8 Å². The minimum absolute atomic E-state index is 0.0615. The first-order valence-electron chi connectivity index (χ1n) is 6.53. The predicted octanol–water partition coefficient (Wildman–Crippen LogP) is 3.38. The molecule has 5 nitrogen and oxygen atoms in total. The predicted molar refractivity (Wildman–Crippen MR) is 70.8 cm³/mol. The Morgan fingerprint density at radius 3 is 1.94 bits per heavy atom. The quantitative estimate of drug-likeness (QED) is 0.330. The van der Waals surface area contributed by atoms with Crippen LogP contribution in [0, 0.1) is 0 Å². The lowest BCUT2D eigenvalue weighted by Gasteiger charge is -2.18. The fraction of sp³-hybridized carbons (Fsp3) is 0.917. The Morgan fingerprint density at radius 2 is 1.56 bits per heavy atom. The van der Waals surface area contributed by atoms with E-state index in [1.54, 1.807) is 0 Å². The summed E-state index contributed by atoms with van der Waals surface area (Å²) in [4.78, 5) is 11.1. The molecule has 0 aromatic carbocycles. The molecule has 0 amide bonds. The number of carbonyl (C=O) groups excluding carboxylic acids is 1. The molecule has 18 heavy (non-hydrogen) atoms. The smallest absolute Gasteiger partial charge is 0.331 e. The Morgan fingerprint density at radius 1 is 1.06 bits per heavy atom. The Kier molecular flexibility index (Phi) is 10.3. The minimum Gasteiger partial charge on any atom is -0.469 e. The fourth-order valence-electron chi connectivity index (χ4n) is 1.19. The van der Waals surface area contributed by atoms with E-state index in [9.17, 15) is 9.36 Å². The van der Waals surface area contributed by atoms with Gasteiger partial charge in [-0.2, -0.15) is 0 Å². The van der Waals surface area contributed by atoms with Crippen LogP contribution < -0.4 is 0 Å². The van der Waals surface area contributed by atoms with E-state index in [1.807, 2.05) is 13.8 Å². The standard InChI is InChI=1S/C12H25O5P/c1-4-6-9-16-18(14,17-10-7-5-2)11-8-12(13)15-3/h4-11H2,1-3H3. The highest BCUT2D eigenvalue weighted by Gasteiger charge is 2.25. The van der Waals surface area contributed by atoms with E-state index in [-0.39, 0.29) is 12.6 Å². The van der Waals surface area contributed by atoms with Crippen LogP contribution in [0.4, 0.5) is 0 Å². The van der Waals surface area contributed by atoms with Gasteiger partial charge in [-0.25, -0.2) is 0 Å². The lowest BCUT2D eigenvalue weighted by Crippen LogP contribution is -2.08. The van der Waals surface area contributed by atoms with Gasteiger partial charge in [-0.05, 0) is 12.8 Å². The van der Waals surface area contributed by atoms with Crippen LogP contribution in [0.3, 0.4) is 0 Å². The second-order valence-electron chi connectivity index (χ2n) is 4.03. The summed E-state index contributed by atoms with van der Waals surface area (Å²) < 4.78 is 27.5. The average Bonchev–Trinajstić information content (AvgIpc) is 2.37. The van der Waals surface area contributed by atoms with Crippen molar-refractivity contribution in [2.24, 2.45) is 0 Å². The van der Waals surface area contributed by atoms with E-state index in [0.717, 1.165) is 25.7 Å². The van der Waals surface area contributed by atoms with E-state index in [2.05, 4.69) is 4.74 Å². The van der Waals surface area contributed by atoms with Crippen molar-refractivity contribution < 1.29 is 23.1 Å². The molecule has 0 aromatic rings. The molecule has 0 aliphatic carbocycles. The zero-order valence-electron chi connectivity index (χ0n) is 11.6. The largest absolute Gasteiger partial charge is 0.469 e. The normalized spacial score (nSPS) is 11.5. The molecule has 0 N–H and O–H groups in total. The van der Waals surface area contributed by atoms with Gasteiger partial charge in [0.1, 0.15) is 0 Å². The Balaban J connectivity index is 4.20. The maximum absolute atomic E-state index is 12.3. The van der Waals surface area contributed by atoms with Crippen LogP contribution in [0.25, 0.3) is 0 Å². The van der Waals surface area contributed by atoms with Crippen molar-refractivity contribution in [1.82, 2.24) is 0 Å². The van der Waals surface area contributed by atoms with Crippen LogP contribution in [-0.2, 0) is 23.1 Å². The summed E-state index contributed by atoms with van der Waals surface area (Å²) >= 11 is 0. The minimum atomic E-state index is -3.15. The molecular formula is C12H25O5P. The fourth-order valence-corrected chi connectivity index (χ4v) is 2.80. The van der Waals surface area contributed by atoms with E-state index >= 15 is 0 Å². The zero-order valence-corrected chi connectivity index (χ0v) is 12.5. The third-order valence-electron chi connectivity index (χ3n) is 2.39. The Bertz CT molecular complexity index is 253. The molecule has 0 radical (unpaired) electrons. The summed E-state index contributed by atoms with van der Waals surface area (Å²) in [6, 6.07) is 0. The van der Waals surface area contributed by atoms with Crippen molar-refractivity contribution in [3.05, 3.63) is 0 Å². The molecule has 0 aliphatic heterocycles. The summed E-state index contributed by atoms with van der Waals surface area (Å²) in [6.07, 6.45) is 3.75. The molecule has 108 valence electrons. The molecule has 0 saturated carbocycles. The van der Waals surface area contributed by atoms with Crippen molar-refractivity contribution in [1.29, 1.82) is 0 Å². The first-order valence-corrected chi connectivity index (χ1v) is 8.25. The lowest BCUT2D eigenvalue weighted by molar-refractivity contribution is -0.140. The van der Waals surface area contributed by atoms with Crippen LogP contribution in [0.5, 0.6) is 0 Å². The molecule has 0 aromatic heterocycles. The van der Waals surface area contributed by atoms with Crippen molar-refractivity contribution in [2.75, 3.05) is 26.5 Å². The molecule has 0 rings (SSSR count). The molecule has 0 spiro atoms. The van der Waals surface area contributed by atoms with Gasteiger partial charge in [0.2, 0.25) is 0 Å². The van der Waals surface area contributed by atoms with E-state index in [1.165, 1.54) is 7.11 Å². The van der Waals surface area contributed by atoms with E-state index < -0.39 is 13.6 Å². The lowest BCUT2D eigenvalue weighted by atomic mass is 10.4. The highest BCUT2D eigenvalue weighted by molar-refractivity contribution is 7.53. The molecule has 0 heterocycles. The van der Waals surface area contributed by atoms with Crippen LogP contribution in [0.1, 0.15) is 46.0 Å². The van der Waals surface area contributed by atoms with Gasteiger partial charge in [0.05, 0.1) is 32.9 Å². The summed E-state index contributed by atoms with van der Waals surface area (Å²) in [5.74, 6) is -0.395. The summed E-state index contributed by atoms with van der Waals surface area (Å²) in [7, 11) is -1.84. The molecular weight excluding hydrogens is 255 g/mol. The second kappa shape index (κ2) is 10.5. The number of hydrogen-bond acceptors (Lipinski definition) is 5. The first kappa shape index (κ1) is 17.6. The second-order valence-corrected chi connectivity index (χ2v) is 6.22. The van der Waals surface area contributed by atoms with Gasteiger partial charge in [0.15, 0.2) is 0 Å². The number of esters is 1. The molecule has 0 saturated heterocycles. The maximum Gasteiger partial charge on any atom is 0.331 e. The summed E-state index contributed by atoms with van der Waals surface area (Å²) in [5, 5.41) is 0. The molecule has 0 fully saturated rings. The van der Waals surface area contributed by atoms with Gasteiger partial charge in [0, 0.05) is 0 Å². The monoisotopic (exact) mass is 280 g/mol. The van der Waals surface area contributed by atoms with Crippen LogP contribution in [0.15, 0.2) is 0 Å². The molecule has 6 heteroatoms. The van der Waals surface area contributed by atoms with Crippen LogP contribution >= 0.6 is 7.60 Å². The number of hydrogen-bond donors (Lipinski definition) is 0. The highest BCUT2D eigenvalue weighted by atomic mass is 31.2. The molecule has 0 bridgehead atoms. The highest BCUT2D eigenvalue weighted by Crippen LogP contribution is 2.49. The Labute approximate surface area is 110 Å². The van der Waals surface area contributed by atoms with Crippen molar-refractivity contribution in [3.63, 3.8) is 0 Å². The van der Waals surface area contributed by atoms with Gasteiger partial charge in [-0.15, -0.1) is 0 Å². The molecule has 0 unspecified atom stereocenters. The van der Waals surface area contributed by atoms with Crippen LogP contribution in [-0.4, -0.2) is 32.5 Å². The van der Waals surface area contributed by atoms with Crippen LogP contribution in [0.2, 0.25) is 0 Å². The SMILES string of the molecule is CCCCOP(=O)(CCC(=O)OC)OCCCC. The molecule has 0 atom stereocenters. The topological polar surface area (TPSA) is 61.8 Å². The third kappa shape index (κ3) is 8.67. The number of unbranched alkanes of at least 4 members (excludes halogenated alkanes) is 2. The number of ether oxygens (including phenoxy) is 1. The number of methoxy groups -OCH3 is 1. The van der Waals surface area contributed by atoms with Gasteiger partial charge >= 0.3 is 13.6 Å². The van der Waals surface area contributed by atoms with E-state index in [0.29, 0.717) is 13.2 Å². The van der Waals surface area contributed by atoms with Gasteiger partial charge in [-0.3, -0.25) is 9.36 Å². The van der Waals surface area contributed by atoms with Crippen molar-refractivity contribution in [3.8, 4) is 0 Å².